The predicted octanol–water partition coefficient (Wildman–Crippen LogP) is 2.54. The van der Waals surface area contributed by atoms with Crippen LogP contribution in [-0.4, -0.2) is 22.0 Å². The number of phenolic OH excluding ortho intramolecular Hbond substituents is 1. The lowest BCUT2D eigenvalue weighted by Crippen LogP contribution is -2.14. The molecule has 0 aliphatic heterocycles. The second-order valence-corrected chi connectivity index (χ2v) is 5.53. The lowest BCUT2D eigenvalue weighted by atomic mass is 10.2. The molecular weight excluding hydrogens is 266 g/mol. The normalized spacial score (nSPS) is 11.0. The lowest BCUT2D eigenvalue weighted by molar-refractivity contribution is 0.372. The van der Waals surface area contributed by atoms with Crippen LogP contribution in [0.3, 0.4) is 0 Å². The van der Waals surface area contributed by atoms with Gasteiger partial charge in [-0.1, -0.05) is 19.9 Å². The number of methoxy groups -OCH3 is 1. The topological polar surface area (TPSA) is 59.3 Å². The van der Waals surface area contributed by atoms with Gasteiger partial charge in [0.2, 0.25) is 0 Å². The van der Waals surface area contributed by atoms with Gasteiger partial charge in [0.1, 0.15) is 0 Å². The Morgan fingerprint density at radius 1 is 1.29 bits per heavy atom. The second kappa shape index (κ2) is 7.13. The first kappa shape index (κ1) is 15.4. The summed E-state index contributed by atoms with van der Waals surface area (Å²) in [4.78, 5) is 0. The number of nitrogens with one attached hydrogen (secondary N) is 1. The highest BCUT2D eigenvalue weighted by molar-refractivity contribution is 5.41. The molecule has 0 bridgehead atoms. The molecule has 0 unspecified atom stereocenters. The lowest BCUT2D eigenvalue weighted by Gasteiger charge is -2.07. The highest BCUT2D eigenvalue weighted by Crippen LogP contribution is 2.26. The summed E-state index contributed by atoms with van der Waals surface area (Å²) in [5.41, 5.74) is 2.09. The van der Waals surface area contributed by atoms with Crippen LogP contribution in [0, 0.1) is 5.92 Å². The van der Waals surface area contributed by atoms with Crippen LogP contribution < -0.4 is 10.1 Å². The molecule has 5 heteroatoms. The zero-order chi connectivity index (χ0) is 15.2. The fourth-order valence-corrected chi connectivity index (χ4v) is 2.14. The number of hydrogen-bond donors (Lipinski definition) is 2. The zero-order valence-electron chi connectivity index (χ0n) is 12.8. The maximum absolute atomic E-state index is 9.55. The molecule has 0 atom stereocenters. The third kappa shape index (κ3) is 4.49. The Morgan fingerprint density at radius 2 is 2.10 bits per heavy atom. The van der Waals surface area contributed by atoms with Crippen molar-refractivity contribution in [2.45, 2.75) is 33.5 Å². The molecule has 114 valence electrons. The average molecular weight is 289 g/mol. The SMILES string of the molecule is COc1cc(CNCc2ccn(CC(C)C)n2)ccc1O. The molecule has 1 aromatic carbocycles. The Hall–Kier alpha value is -2.01. The van der Waals surface area contributed by atoms with Gasteiger partial charge in [0, 0.05) is 25.8 Å². The van der Waals surface area contributed by atoms with E-state index < -0.39 is 0 Å². The fourth-order valence-electron chi connectivity index (χ4n) is 2.14. The van der Waals surface area contributed by atoms with E-state index in [-0.39, 0.29) is 5.75 Å². The van der Waals surface area contributed by atoms with Crippen LogP contribution in [0.25, 0.3) is 0 Å². The van der Waals surface area contributed by atoms with Crippen molar-refractivity contribution in [3.05, 3.63) is 41.7 Å². The third-order valence-electron chi connectivity index (χ3n) is 3.13. The van der Waals surface area contributed by atoms with Crippen LogP contribution in [0.1, 0.15) is 25.1 Å². The molecule has 0 amide bonds. The van der Waals surface area contributed by atoms with Gasteiger partial charge in [-0.25, -0.2) is 0 Å². The van der Waals surface area contributed by atoms with Gasteiger partial charge in [-0.3, -0.25) is 4.68 Å². The molecule has 2 rings (SSSR count). The highest BCUT2D eigenvalue weighted by atomic mass is 16.5. The molecule has 5 nitrogen and oxygen atoms in total. The minimum atomic E-state index is 0.161. The molecular formula is C16H23N3O2. The highest BCUT2D eigenvalue weighted by Gasteiger charge is 2.04. The van der Waals surface area contributed by atoms with E-state index in [9.17, 15) is 5.11 Å². The Bertz CT molecular complexity index is 579. The Balaban J connectivity index is 1.85. The number of ether oxygens (including phenoxy) is 1. The van der Waals surface area contributed by atoms with E-state index in [2.05, 4.69) is 24.3 Å². The summed E-state index contributed by atoms with van der Waals surface area (Å²) in [6.07, 6.45) is 2.01. The molecule has 0 aliphatic carbocycles. The van der Waals surface area contributed by atoms with E-state index in [0.717, 1.165) is 17.8 Å². The Morgan fingerprint density at radius 3 is 2.81 bits per heavy atom. The van der Waals surface area contributed by atoms with E-state index in [1.54, 1.807) is 13.2 Å². The minimum Gasteiger partial charge on any atom is -0.504 e. The van der Waals surface area contributed by atoms with Gasteiger partial charge in [0.05, 0.1) is 12.8 Å². The van der Waals surface area contributed by atoms with Crippen LogP contribution in [0.15, 0.2) is 30.5 Å². The Kier molecular flexibility index (Phi) is 5.22. The molecule has 0 aliphatic rings. The molecule has 2 aromatic rings. The predicted molar refractivity (Wildman–Crippen MR) is 82.3 cm³/mol. The van der Waals surface area contributed by atoms with E-state index in [0.29, 0.717) is 24.8 Å². The van der Waals surface area contributed by atoms with Crippen molar-refractivity contribution in [3.8, 4) is 11.5 Å². The first-order valence-electron chi connectivity index (χ1n) is 7.17. The number of nitrogens with zero attached hydrogens (tertiary/aromatic N) is 2. The smallest absolute Gasteiger partial charge is 0.160 e. The van der Waals surface area contributed by atoms with Crippen molar-refractivity contribution in [2.24, 2.45) is 5.92 Å². The molecule has 0 radical (unpaired) electrons. The summed E-state index contributed by atoms with van der Waals surface area (Å²) < 4.78 is 7.07. The standard InChI is InChI=1S/C16H23N3O2/c1-12(2)11-19-7-6-14(18-19)10-17-9-13-4-5-15(20)16(8-13)21-3/h4-8,12,17,20H,9-11H2,1-3H3. The number of aromatic nitrogens is 2. The maximum Gasteiger partial charge on any atom is 0.160 e. The summed E-state index contributed by atoms with van der Waals surface area (Å²) in [6.45, 7) is 6.72. The quantitative estimate of drug-likeness (QED) is 0.822. The van der Waals surface area contributed by atoms with E-state index in [4.69, 9.17) is 4.74 Å². The van der Waals surface area contributed by atoms with Crippen LogP contribution in [0.4, 0.5) is 0 Å². The van der Waals surface area contributed by atoms with Gasteiger partial charge in [-0.15, -0.1) is 0 Å². The molecule has 2 N–H and O–H groups in total. The van der Waals surface area contributed by atoms with Crippen molar-refractivity contribution < 1.29 is 9.84 Å². The van der Waals surface area contributed by atoms with Gasteiger partial charge in [-0.2, -0.15) is 5.10 Å². The molecule has 21 heavy (non-hydrogen) atoms. The largest absolute Gasteiger partial charge is 0.504 e. The van der Waals surface area contributed by atoms with Crippen LogP contribution >= 0.6 is 0 Å². The number of phenols is 1. The third-order valence-corrected chi connectivity index (χ3v) is 3.13. The average Bonchev–Trinajstić information content (AvgIpc) is 2.87. The van der Waals surface area contributed by atoms with Crippen molar-refractivity contribution in [2.75, 3.05) is 7.11 Å². The summed E-state index contributed by atoms with van der Waals surface area (Å²) >= 11 is 0. The van der Waals surface area contributed by atoms with Crippen molar-refractivity contribution in [1.29, 1.82) is 0 Å². The van der Waals surface area contributed by atoms with Crippen LogP contribution in [0.5, 0.6) is 11.5 Å². The molecule has 0 saturated carbocycles. The number of benzene rings is 1. The van der Waals surface area contributed by atoms with Gasteiger partial charge in [0.15, 0.2) is 11.5 Å². The van der Waals surface area contributed by atoms with E-state index in [1.165, 1.54) is 0 Å². The summed E-state index contributed by atoms with van der Waals surface area (Å²) in [6, 6.07) is 7.39. The number of aromatic hydroxyl groups is 1. The summed E-state index contributed by atoms with van der Waals surface area (Å²) in [5, 5.41) is 17.4. The number of rotatable bonds is 7. The minimum absolute atomic E-state index is 0.161. The van der Waals surface area contributed by atoms with Crippen molar-refractivity contribution >= 4 is 0 Å². The van der Waals surface area contributed by atoms with Crippen molar-refractivity contribution in [1.82, 2.24) is 15.1 Å². The van der Waals surface area contributed by atoms with E-state index >= 15 is 0 Å². The summed E-state index contributed by atoms with van der Waals surface area (Å²) in [7, 11) is 1.55. The van der Waals surface area contributed by atoms with Gasteiger partial charge >= 0.3 is 0 Å². The van der Waals surface area contributed by atoms with Crippen LogP contribution in [0.2, 0.25) is 0 Å². The monoisotopic (exact) mass is 289 g/mol. The van der Waals surface area contributed by atoms with Gasteiger partial charge in [0.25, 0.3) is 0 Å². The number of hydrogen-bond acceptors (Lipinski definition) is 4. The molecule has 0 saturated heterocycles. The first-order chi connectivity index (χ1) is 10.1. The van der Waals surface area contributed by atoms with Crippen LogP contribution in [-0.2, 0) is 19.6 Å². The fraction of sp³-hybridized carbons (Fsp3) is 0.438. The summed E-state index contributed by atoms with van der Waals surface area (Å²) in [5.74, 6) is 1.25. The van der Waals surface area contributed by atoms with Gasteiger partial charge < -0.3 is 15.2 Å². The zero-order valence-corrected chi connectivity index (χ0v) is 12.8. The second-order valence-electron chi connectivity index (χ2n) is 5.53. The van der Waals surface area contributed by atoms with E-state index in [1.807, 2.05) is 29.1 Å². The molecule has 1 aromatic heterocycles. The maximum atomic E-state index is 9.55. The Labute approximate surface area is 125 Å². The molecule has 0 spiro atoms. The molecule has 1 heterocycles. The first-order valence-corrected chi connectivity index (χ1v) is 7.17. The van der Waals surface area contributed by atoms with Gasteiger partial charge in [-0.05, 0) is 29.7 Å². The van der Waals surface area contributed by atoms with Crippen molar-refractivity contribution in [3.63, 3.8) is 0 Å². The molecule has 0 fully saturated rings.